The van der Waals surface area contributed by atoms with Crippen LogP contribution in [-0.2, 0) is 34.0 Å². The number of carbonyl (C=O) groups excluding carboxylic acids is 4. The van der Waals surface area contributed by atoms with Gasteiger partial charge < -0.3 is 29.4 Å². The van der Waals surface area contributed by atoms with E-state index in [9.17, 15) is 9.90 Å². The zero-order chi connectivity index (χ0) is 46.8. The first-order valence-electron chi connectivity index (χ1n) is 22.8. The number of rotatable bonds is 11. The van der Waals surface area contributed by atoms with Crippen molar-refractivity contribution in [1.29, 1.82) is 0 Å². The van der Waals surface area contributed by atoms with E-state index in [0.717, 1.165) is 46.4 Å². The van der Waals surface area contributed by atoms with Crippen LogP contribution in [0, 0.1) is 17.8 Å². The number of esters is 1. The summed E-state index contributed by atoms with van der Waals surface area (Å²) in [7, 11) is 1.48. The van der Waals surface area contributed by atoms with Crippen LogP contribution >= 0.6 is 11.3 Å². The first-order valence-corrected chi connectivity index (χ1v) is 23.6. The second-order valence-electron chi connectivity index (χ2n) is 17.1. The molecule has 1 aromatic heterocycles. The minimum Gasteiger partial charge on any atom is -0.491 e. The van der Waals surface area contributed by atoms with E-state index >= 15 is 14.4 Å². The molecule has 2 N–H and O–H groups in total. The van der Waals surface area contributed by atoms with E-state index in [1.165, 1.54) is 18.4 Å². The third-order valence-electron chi connectivity index (χ3n) is 13.2. The number of carbonyl (C=O) groups is 4. The van der Waals surface area contributed by atoms with Crippen molar-refractivity contribution in [2.45, 2.75) is 55.3 Å². The third kappa shape index (κ3) is 8.01. The quantitative estimate of drug-likeness (QED) is 0.0729. The maximum Gasteiger partial charge on any atom is 0.421 e. The first kappa shape index (κ1) is 44.7. The lowest BCUT2D eigenvalue weighted by molar-refractivity contribution is -0.177. The molecule has 2 fully saturated rings. The molecule has 6 atom stereocenters. The van der Waals surface area contributed by atoms with Gasteiger partial charge in [-0.15, -0.1) is 0 Å². The Morgan fingerprint density at radius 2 is 1.60 bits per heavy atom. The third-order valence-corrected chi connectivity index (χ3v) is 14.1. The molecule has 0 radical (unpaired) electrons. The van der Waals surface area contributed by atoms with Crippen molar-refractivity contribution in [2.75, 3.05) is 43.8 Å². The van der Waals surface area contributed by atoms with E-state index in [-0.39, 0.29) is 37.2 Å². The summed E-state index contributed by atoms with van der Waals surface area (Å²) >= 11 is 1.26. The fourth-order valence-corrected chi connectivity index (χ4v) is 11.2. The van der Waals surface area contributed by atoms with E-state index in [1.54, 1.807) is 42.5 Å². The minimum absolute atomic E-state index is 0.0440. The molecule has 3 aliphatic heterocycles. The van der Waals surface area contributed by atoms with Gasteiger partial charge in [-0.05, 0) is 96.0 Å². The molecule has 4 heterocycles. The standard InChI is InChI=1S/C54H48N4O9S/c1-64-31-32-66-53(63)57-42-28-23-35(22-21-34-13-5-2-6-14-34)33-40(42)54(51(57)62)44(49(60)56-52-55-41-19-11-12-20-43(41)68-52)46-50(61)67-47(37-17-9-4-10-18-37)45(36-15-7-3-8-16-36)58(46)48(54)38-24-26-39(27-25-38)65-30-29-59/h3-4,7-13,15-20,23-28,33,44-48,59H,2,5-6,14,29-32H2,1H3,(H,55,56,60)/t44-,45-,46-,47+,48+,54-/m1/s1. The highest BCUT2D eigenvalue weighted by Gasteiger charge is 2.76. The molecule has 2 saturated heterocycles. The number of amides is 3. The fourth-order valence-electron chi connectivity index (χ4n) is 10.4. The van der Waals surface area contributed by atoms with E-state index in [0.29, 0.717) is 33.5 Å². The van der Waals surface area contributed by atoms with Crippen LogP contribution in [0.15, 0.2) is 139 Å². The van der Waals surface area contributed by atoms with Crippen molar-refractivity contribution in [1.82, 2.24) is 9.88 Å². The number of para-hydroxylation sites is 1. The second-order valence-corrected chi connectivity index (χ2v) is 18.1. The van der Waals surface area contributed by atoms with Crippen molar-refractivity contribution in [3.8, 4) is 17.6 Å². The van der Waals surface area contributed by atoms with Gasteiger partial charge in [-0.25, -0.2) is 14.7 Å². The van der Waals surface area contributed by atoms with Gasteiger partial charge in [-0.1, -0.05) is 114 Å². The topological polar surface area (TPSA) is 157 Å². The smallest absolute Gasteiger partial charge is 0.421 e. The van der Waals surface area contributed by atoms with Crippen molar-refractivity contribution in [3.63, 3.8) is 0 Å². The molecule has 1 spiro atoms. The Balaban J connectivity index is 1.26. The number of allylic oxidation sites excluding steroid dienone is 2. The van der Waals surface area contributed by atoms with Crippen LogP contribution in [0.3, 0.4) is 0 Å². The number of benzene rings is 5. The largest absolute Gasteiger partial charge is 0.491 e. The van der Waals surface area contributed by atoms with Crippen molar-refractivity contribution in [3.05, 3.63) is 167 Å². The van der Waals surface area contributed by atoms with E-state index in [2.05, 4.69) is 23.2 Å². The molecule has 10 rings (SSSR count). The number of nitrogens with one attached hydrogen (secondary N) is 1. The predicted molar refractivity (Wildman–Crippen MR) is 256 cm³/mol. The summed E-state index contributed by atoms with van der Waals surface area (Å²) < 4.78 is 24.2. The van der Waals surface area contributed by atoms with Crippen LogP contribution in [0.4, 0.5) is 15.6 Å². The average molecular weight is 929 g/mol. The molecule has 6 aromatic rings. The number of nitrogens with zero attached hydrogens (tertiary/aromatic N) is 3. The number of cyclic esters (lactones) is 1. The predicted octanol–water partition coefficient (Wildman–Crippen LogP) is 8.61. The van der Waals surface area contributed by atoms with Gasteiger partial charge in [0.2, 0.25) is 11.8 Å². The van der Waals surface area contributed by atoms with Crippen LogP contribution in [0.2, 0.25) is 0 Å². The Labute approximate surface area is 397 Å². The summed E-state index contributed by atoms with van der Waals surface area (Å²) in [5.41, 5.74) is 2.69. The van der Waals surface area contributed by atoms with Crippen molar-refractivity contribution in [2.24, 2.45) is 5.92 Å². The molecule has 68 heavy (non-hydrogen) atoms. The SMILES string of the molecule is COCCOC(=O)N1C(=O)[C@@]2(c3cc(C#CC4=CCCCC4)ccc31)[C@H](c1ccc(OCCO)cc1)N1[C@H](c3ccccc3)[C@H](c3ccccc3)OC(=O)[C@H]1[C@@H]2C(=O)Nc1nc2ccccc2s1. The highest BCUT2D eigenvalue weighted by Crippen LogP contribution is 2.66. The van der Waals surface area contributed by atoms with Crippen LogP contribution in [0.25, 0.3) is 10.2 Å². The number of ether oxygens (including phenoxy) is 4. The van der Waals surface area contributed by atoms with Gasteiger partial charge in [0.25, 0.3) is 0 Å². The lowest BCUT2D eigenvalue weighted by Gasteiger charge is -2.46. The molecule has 14 heteroatoms. The van der Waals surface area contributed by atoms with Gasteiger partial charge in [0.05, 0.1) is 47.1 Å². The molecule has 344 valence electrons. The molecule has 0 unspecified atom stereocenters. The highest BCUT2D eigenvalue weighted by molar-refractivity contribution is 7.22. The van der Waals surface area contributed by atoms with E-state index in [1.807, 2.05) is 89.8 Å². The maximum atomic E-state index is 16.4. The first-order chi connectivity index (χ1) is 33.3. The van der Waals surface area contributed by atoms with Gasteiger partial charge in [0.15, 0.2) is 5.13 Å². The summed E-state index contributed by atoms with van der Waals surface area (Å²) in [5, 5.41) is 12.9. The average Bonchev–Trinajstić information content (AvgIpc) is 4.01. The molecule has 4 aliphatic rings. The van der Waals surface area contributed by atoms with Crippen molar-refractivity contribution < 1.29 is 43.2 Å². The second kappa shape index (κ2) is 19.2. The Bertz CT molecular complexity index is 2930. The summed E-state index contributed by atoms with van der Waals surface area (Å²) in [6.45, 7) is -0.253. The minimum atomic E-state index is -2.03. The van der Waals surface area contributed by atoms with Gasteiger partial charge in [-0.2, -0.15) is 0 Å². The number of aliphatic hydroxyl groups is 1. The zero-order valence-electron chi connectivity index (χ0n) is 37.2. The van der Waals surface area contributed by atoms with Gasteiger partial charge in [0, 0.05) is 12.7 Å². The van der Waals surface area contributed by atoms with Crippen LogP contribution in [0.5, 0.6) is 5.75 Å². The number of methoxy groups -OCH3 is 1. The number of imide groups is 1. The Hall–Kier alpha value is -7.15. The molecule has 13 nitrogen and oxygen atoms in total. The molecular formula is C54H48N4O9S. The molecule has 5 aromatic carbocycles. The lowest BCUT2D eigenvalue weighted by atomic mass is 9.65. The number of fused-ring (bicyclic) bond motifs is 4. The number of morpholine rings is 1. The Morgan fingerprint density at radius 1 is 0.853 bits per heavy atom. The summed E-state index contributed by atoms with van der Waals surface area (Å²) in [4.78, 5) is 70.0. The zero-order valence-corrected chi connectivity index (χ0v) is 38.0. The number of aliphatic hydroxyl groups excluding tert-OH is 1. The van der Waals surface area contributed by atoms with Crippen molar-refractivity contribution >= 4 is 56.2 Å². The number of hydrogen-bond donors (Lipinski definition) is 2. The maximum absolute atomic E-state index is 16.4. The number of aromatic nitrogens is 1. The number of thiazole rings is 1. The van der Waals surface area contributed by atoms with Crippen LogP contribution < -0.4 is 15.0 Å². The van der Waals surface area contributed by atoms with Crippen LogP contribution in [-0.4, -0.2) is 78.4 Å². The molecule has 1 aliphatic carbocycles. The fraction of sp³-hybridized carbons (Fsp3) is 0.278. The summed E-state index contributed by atoms with van der Waals surface area (Å²) in [6, 6.07) is 35.4. The molecule has 3 amide bonds. The van der Waals surface area contributed by atoms with Gasteiger partial charge >= 0.3 is 12.1 Å². The monoisotopic (exact) mass is 928 g/mol. The van der Waals surface area contributed by atoms with Gasteiger partial charge in [-0.3, -0.25) is 19.3 Å². The number of anilines is 2. The van der Waals surface area contributed by atoms with E-state index in [4.69, 9.17) is 23.9 Å². The van der Waals surface area contributed by atoms with Gasteiger partial charge in [0.1, 0.15) is 36.5 Å². The lowest BCUT2D eigenvalue weighted by Crippen LogP contribution is -2.54. The summed E-state index contributed by atoms with van der Waals surface area (Å²) in [5.74, 6) is 3.41. The molecule has 0 bridgehead atoms. The Morgan fingerprint density at radius 3 is 2.32 bits per heavy atom. The Kier molecular flexibility index (Phi) is 12.6. The highest BCUT2D eigenvalue weighted by atomic mass is 32.1. The van der Waals surface area contributed by atoms with E-state index < -0.39 is 59.4 Å². The number of hydrogen-bond acceptors (Lipinski definition) is 12. The summed E-state index contributed by atoms with van der Waals surface area (Å²) in [6.07, 6.45) is 4.16. The molecule has 0 saturated carbocycles. The molecular weight excluding hydrogens is 881 g/mol. The van der Waals surface area contributed by atoms with Crippen LogP contribution in [0.1, 0.15) is 71.7 Å². The normalized spacial score (nSPS) is 23.0.